The molecule has 0 atom stereocenters. The molecule has 0 N–H and O–H groups in total. The second-order valence-corrected chi connectivity index (χ2v) is 7.36. The van der Waals surface area contributed by atoms with Gasteiger partial charge in [0.15, 0.2) is 0 Å². The van der Waals surface area contributed by atoms with Crippen molar-refractivity contribution in [2.75, 3.05) is 51.4 Å². The van der Waals surface area contributed by atoms with E-state index in [4.69, 9.17) is 5.26 Å². The molecule has 27 heavy (non-hydrogen) atoms. The van der Waals surface area contributed by atoms with E-state index in [2.05, 4.69) is 35.6 Å². The average molecular weight is 383 g/mol. The Labute approximate surface area is 166 Å². The van der Waals surface area contributed by atoms with Crippen molar-refractivity contribution in [3.8, 4) is 17.2 Å². The van der Waals surface area contributed by atoms with Crippen molar-refractivity contribution in [2.24, 2.45) is 0 Å². The van der Waals surface area contributed by atoms with Gasteiger partial charge in [-0.2, -0.15) is 5.26 Å². The Bertz CT molecular complexity index is 772. The molecule has 0 bridgehead atoms. The Kier molecular flexibility index (Phi) is 8.34. The molecule has 2 rings (SSSR count). The van der Waals surface area contributed by atoms with Gasteiger partial charge in [-0.05, 0) is 55.7 Å². The molecule has 142 valence electrons. The zero-order valence-corrected chi connectivity index (χ0v) is 16.9. The van der Waals surface area contributed by atoms with E-state index in [0.717, 1.165) is 42.9 Å². The number of benzene rings is 2. The maximum atomic E-state index is 11.5. The zero-order valence-electron chi connectivity index (χ0n) is 16.1. The predicted octanol–water partition coefficient (Wildman–Crippen LogP) is 3.33. The number of carbonyl (C=O) groups is 1. The summed E-state index contributed by atoms with van der Waals surface area (Å²) >= 11 is 1.72. The average Bonchev–Trinajstić information content (AvgIpc) is 2.72. The van der Waals surface area contributed by atoms with E-state index in [9.17, 15) is 4.79 Å². The van der Waals surface area contributed by atoms with Crippen LogP contribution in [0.2, 0.25) is 0 Å². The summed E-state index contributed by atoms with van der Waals surface area (Å²) in [6, 6.07) is 17.5. The van der Waals surface area contributed by atoms with E-state index < -0.39 is 0 Å². The molecule has 0 unspecified atom stereocenters. The van der Waals surface area contributed by atoms with Crippen LogP contribution in [0.25, 0.3) is 11.1 Å². The number of anilines is 1. The lowest BCUT2D eigenvalue weighted by atomic mass is 10.0. The van der Waals surface area contributed by atoms with Gasteiger partial charge in [0.05, 0.1) is 11.6 Å². The summed E-state index contributed by atoms with van der Waals surface area (Å²) < 4.78 is 2.19. The van der Waals surface area contributed by atoms with Gasteiger partial charge < -0.3 is 9.80 Å². The monoisotopic (exact) mass is 382 g/mol. The van der Waals surface area contributed by atoms with Gasteiger partial charge in [-0.1, -0.05) is 36.2 Å². The molecule has 0 heterocycles. The van der Waals surface area contributed by atoms with Crippen LogP contribution in [0.1, 0.15) is 5.56 Å². The third-order valence-electron chi connectivity index (χ3n) is 4.48. The van der Waals surface area contributed by atoms with Crippen molar-refractivity contribution >= 4 is 24.0 Å². The Morgan fingerprint density at radius 1 is 1.00 bits per heavy atom. The molecular weight excluding hydrogens is 356 g/mol. The summed E-state index contributed by atoms with van der Waals surface area (Å²) in [6.45, 7) is 3.40. The van der Waals surface area contributed by atoms with Crippen molar-refractivity contribution in [2.45, 2.75) is 0 Å². The van der Waals surface area contributed by atoms with Crippen molar-refractivity contribution in [1.82, 2.24) is 9.21 Å². The van der Waals surface area contributed by atoms with Crippen LogP contribution in [-0.4, -0.2) is 62.1 Å². The Morgan fingerprint density at radius 2 is 1.70 bits per heavy atom. The summed E-state index contributed by atoms with van der Waals surface area (Å²) in [5, 5.41) is 9.04. The number of carbonyl (C=O) groups excluding carboxylic acids is 1. The van der Waals surface area contributed by atoms with Crippen LogP contribution in [0.15, 0.2) is 48.5 Å². The molecule has 0 saturated carbocycles. The predicted molar refractivity (Wildman–Crippen MR) is 114 cm³/mol. The molecule has 6 heteroatoms. The van der Waals surface area contributed by atoms with E-state index >= 15 is 0 Å². The zero-order chi connectivity index (χ0) is 19.6. The lowest BCUT2D eigenvalue weighted by Crippen LogP contribution is -2.35. The Balaban J connectivity index is 1.97. The van der Waals surface area contributed by atoms with Gasteiger partial charge in [0.1, 0.15) is 0 Å². The fourth-order valence-electron chi connectivity index (χ4n) is 2.65. The summed E-state index contributed by atoms with van der Waals surface area (Å²) in [4.78, 5) is 15.5. The van der Waals surface area contributed by atoms with Crippen molar-refractivity contribution in [3.63, 3.8) is 0 Å². The lowest BCUT2D eigenvalue weighted by Gasteiger charge is -2.24. The number of nitriles is 1. The van der Waals surface area contributed by atoms with Gasteiger partial charge >= 0.3 is 0 Å². The minimum Gasteiger partial charge on any atom is -0.314 e. The fraction of sp³-hybridized carbons (Fsp3) is 0.333. The molecule has 1 amide bonds. The van der Waals surface area contributed by atoms with E-state index in [-0.39, 0.29) is 0 Å². The molecule has 2 aromatic carbocycles. The van der Waals surface area contributed by atoms with Crippen LogP contribution in [0.3, 0.4) is 0 Å². The molecule has 0 spiro atoms. The maximum Gasteiger partial charge on any atom is 0.214 e. The SMILES string of the molecule is CSN(C)CCN(C)CCN(C=O)c1ccc(-c2cccc(C#N)c2)cc1. The number of likely N-dealkylation sites (N-methyl/N-ethyl adjacent to an activating group) is 2. The number of rotatable bonds is 10. The van der Waals surface area contributed by atoms with Crippen LogP contribution in [-0.2, 0) is 4.79 Å². The van der Waals surface area contributed by atoms with Gasteiger partial charge in [0.2, 0.25) is 6.41 Å². The van der Waals surface area contributed by atoms with Crippen LogP contribution in [0.4, 0.5) is 5.69 Å². The second kappa shape index (κ2) is 10.7. The number of hydrogen-bond donors (Lipinski definition) is 0. The molecular formula is C21H26N4OS. The lowest BCUT2D eigenvalue weighted by molar-refractivity contribution is -0.107. The minimum atomic E-state index is 0.640. The Morgan fingerprint density at radius 3 is 2.33 bits per heavy atom. The highest BCUT2D eigenvalue weighted by atomic mass is 32.2. The third-order valence-corrected chi connectivity index (χ3v) is 5.29. The van der Waals surface area contributed by atoms with E-state index in [1.54, 1.807) is 22.9 Å². The highest BCUT2D eigenvalue weighted by Gasteiger charge is 2.08. The molecule has 0 aliphatic heterocycles. The molecule has 0 aromatic heterocycles. The van der Waals surface area contributed by atoms with E-state index in [1.807, 2.05) is 42.5 Å². The topological polar surface area (TPSA) is 50.6 Å². The van der Waals surface area contributed by atoms with Crippen LogP contribution >= 0.6 is 11.9 Å². The fourth-order valence-corrected chi connectivity index (χ4v) is 2.91. The van der Waals surface area contributed by atoms with Crippen molar-refractivity contribution in [1.29, 1.82) is 5.26 Å². The molecule has 0 aliphatic rings. The molecule has 0 fully saturated rings. The van der Waals surface area contributed by atoms with Gasteiger partial charge in [0.25, 0.3) is 0 Å². The normalized spacial score (nSPS) is 10.8. The largest absolute Gasteiger partial charge is 0.314 e. The molecule has 5 nitrogen and oxygen atoms in total. The molecule has 0 radical (unpaired) electrons. The van der Waals surface area contributed by atoms with Gasteiger partial charge in [0, 0.05) is 31.9 Å². The van der Waals surface area contributed by atoms with Gasteiger partial charge in [-0.25, -0.2) is 0 Å². The summed E-state index contributed by atoms with van der Waals surface area (Å²) in [5.41, 5.74) is 3.54. The minimum absolute atomic E-state index is 0.640. The summed E-state index contributed by atoms with van der Waals surface area (Å²) in [5.74, 6) is 0. The first-order valence-electron chi connectivity index (χ1n) is 8.83. The highest BCUT2D eigenvalue weighted by molar-refractivity contribution is 7.96. The first-order chi connectivity index (χ1) is 13.1. The molecule has 2 aromatic rings. The highest BCUT2D eigenvalue weighted by Crippen LogP contribution is 2.23. The van der Waals surface area contributed by atoms with E-state index in [0.29, 0.717) is 12.1 Å². The standard InChI is InChI=1S/C21H26N4OS/c1-23(11-13-24(2)27-3)12-14-25(17-26)21-9-7-19(8-10-21)20-6-4-5-18(15-20)16-22/h4-10,15,17H,11-14H2,1-3H3. The maximum absolute atomic E-state index is 11.5. The quantitative estimate of drug-likeness (QED) is 0.466. The van der Waals surface area contributed by atoms with Crippen LogP contribution in [0, 0.1) is 11.3 Å². The smallest absolute Gasteiger partial charge is 0.214 e. The van der Waals surface area contributed by atoms with Crippen LogP contribution in [0.5, 0.6) is 0 Å². The second-order valence-electron chi connectivity index (χ2n) is 6.38. The number of nitrogens with zero attached hydrogens (tertiary/aromatic N) is 4. The number of amides is 1. The molecule has 0 aliphatic carbocycles. The molecule has 0 saturated heterocycles. The first-order valence-corrected chi connectivity index (χ1v) is 10.0. The van der Waals surface area contributed by atoms with Crippen LogP contribution < -0.4 is 4.90 Å². The van der Waals surface area contributed by atoms with Crippen molar-refractivity contribution in [3.05, 3.63) is 54.1 Å². The van der Waals surface area contributed by atoms with E-state index in [1.165, 1.54) is 0 Å². The summed E-state index contributed by atoms with van der Waals surface area (Å²) in [6.07, 6.45) is 2.95. The van der Waals surface area contributed by atoms with Gasteiger partial charge in [-0.3, -0.25) is 9.10 Å². The van der Waals surface area contributed by atoms with Gasteiger partial charge in [-0.15, -0.1) is 0 Å². The Hall–Kier alpha value is -2.33. The van der Waals surface area contributed by atoms with Crippen molar-refractivity contribution < 1.29 is 4.79 Å². The summed E-state index contributed by atoms with van der Waals surface area (Å²) in [7, 11) is 4.15. The first kappa shape index (κ1) is 21.0. The number of hydrogen-bond acceptors (Lipinski definition) is 5. The third kappa shape index (κ3) is 6.40.